The first-order valence-electron chi connectivity index (χ1n) is 6.67. The number of esters is 1. The second kappa shape index (κ2) is 6.01. The van der Waals surface area contributed by atoms with E-state index in [2.05, 4.69) is 4.74 Å². The van der Waals surface area contributed by atoms with E-state index in [0.717, 1.165) is 13.2 Å². The van der Waals surface area contributed by atoms with Crippen LogP contribution < -0.4 is 4.72 Å². The number of aliphatic hydroxyl groups is 1. The number of carbonyl (C=O) groups excluding carboxylic acids is 1. The van der Waals surface area contributed by atoms with E-state index >= 15 is 0 Å². The zero-order valence-corrected chi connectivity index (χ0v) is 14.2. The highest BCUT2D eigenvalue weighted by atomic mass is 35.5. The van der Waals surface area contributed by atoms with Gasteiger partial charge >= 0.3 is 12.1 Å². The maximum Gasteiger partial charge on any atom is 0.417 e. The van der Waals surface area contributed by atoms with Crippen molar-refractivity contribution in [2.45, 2.75) is 35.1 Å². The average Bonchev–Trinajstić information content (AvgIpc) is 2.45. The van der Waals surface area contributed by atoms with Crippen LogP contribution in [0, 0.1) is 0 Å². The Morgan fingerprint density at radius 2 is 1.92 bits per heavy atom. The number of hydrogen-bond donors (Lipinski definition) is 3. The van der Waals surface area contributed by atoms with Gasteiger partial charge in [0, 0.05) is 12.8 Å². The van der Waals surface area contributed by atoms with Crippen molar-refractivity contribution < 1.29 is 41.3 Å². The minimum atomic E-state index is -5.06. The Morgan fingerprint density at radius 1 is 1.36 bits per heavy atom. The molecule has 140 valence electrons. The van der Waals surface area contributed by atoms with Gasteiger partial charge in [-0.25, -0.2) is 8.42 Å². The summed E-state index contributed by atoms with van der Waals surface area (Å²) in [7, 11) is -3.79. The number of nitrogens with one attached hydrogen (secondary N) is 1. The predicted octanol–water partition coefficient (Wildman–Crippen LogP) is 1.32. The highest BCUT2D eigenvalue weighted by molar-refractivity contribution is 7.89. The number of rotatable bonds is 4. The van der Waals surface area contributed by atoms with Crippen molar-refractivity contribution in [1.29, 1.82) is 0 Å². The molecule has 0 amide bonds. The molecule has 0 aromatic heterocycles. The Hall–Kier alpha value is -1.56. The molecule has 1 saturated carbocycles. The number of carbonyl (C=O) groups is 1. The number of alkyl halides is 3. The summed E-state index contributed by atoms with van der Waals surface area (Å²) >= 11 is 5.61. The van der Waals surface area contributed by atoms with Gasteiger partial charge in [-0.15, -0.1) is 0 Å². The lowest BCUT2D eigenvalue weighted by Gasteiger charge is -2.51. The molecule has 7 nitrogen and oxygen atoms in total. The number of benzene rings is 1. The topological polar surface area (TPSA) is 113 Å². The Morgan fingerprint density at radius 3 is 2.40 bits per heavy atom. The summed E-state index contributed by atoms with van der Waals surface area (Å²) in [6, 6.07) is 3.33. The molecular formula is C13H13ClF3NO6S. The molecule has 0 aliphatic heterocycles. The van der Waals surface area contributed by atoms with Gasteiger partial charge in [-0.05, 0) is 12.1 Å². The number of para-hydroxylation sites is 1. The molecule has 1 fully saturated rings. The van der Waals surface area contributed by atoms with Crippen LogP contribution in [0.15, 0.2) is 23.1 Å². The van der Waals surface area contributed by atoms with Crippen molar-refractivity contribution >= 4 is 27.6 Å². The predicted molar refractivity (Wildman–Crippen MR) is 78.4 cm³/mol. The standard InChI is InChI=1S/C13H13ClF3NO6S/c1-24-10(20)11(5-12(21,6-11)13(15,16)17)18-25(22,23)8-4-2-3-7(14)9(8)19/h2-4,18-19,21H,5-6H2,1H3. The summed E-state index contributed by atoms with van der Waals surface area (Å²) in [4.78, 5) is 11.1. The van der Waals surface area contributed by atoms with Crippen molar-refractivity contribution in [3.05, 3.63) is 23.2 Å². The Bertz CT molecular complexity index is 804. The number of hydrogen-bond acceptors (Lipinski definition) is 6. The normalized spacial score (nSPS) is 26.8. The van der Waals surface area contributed by atoms with Gasteiger partial charge in [0.25, 0.3) is 0 Å². The number of phenols is 1. The Kier molecular flexibility index (Phi) is 4.75. The van der Waals surface area contributed by atoms with Crippen LogP contribution in [0.4, 0.5) is 13.2 Å². The molecule has 0 bridgehead atoms. The molecule has 0 spiro atoms. The van der Waals surface area contributed by atoms with Crippen molar-refractivity contribution in [1.82, 2.24) is 4.72 Å². The molecule has 0 heterocycles. The van der Waals surface area contributed by atoms with Crippen molar-refractivity contribution in [2.24, 2.45) is 0 Å². The number of phenolic OH excluding ortho intramolecular Hbond substituents is 1. The third-order valence-corrected chi connectivity index (χ3v) is 5.73. The van der Waals surface area contributed by atoms with Crippen LogP contribution in [0.2, 0.25) is 5.02 Å². The smallest absolute Gasteiger partial charge is 0.417 e. The summed E-state index contributed by atoms with van der Waals surface area (Å²) < 4.78 is 69.4. The van der Waals surface area contributed by atoms with Crippen LogP contribution in [0.25, 0.3) is 0 Å². The number of sulfonamides is 1. The second-order valence-electron chi connectivity index (χ2n) is 5.65. The highest BCUT2D eigenvalue weighted by Gasteiger charge is 2.71. The quantitative estimate of drug-likeness (QED) is 0.654. The van der Waals surface area contributed by atoms with E-state index in [9.17, 15) is 36.6 Å². The van der Waals surface area contributed by atoms with Crippen LogP contribution in [0.1, 0.15) is 12.8 Å². The van der Waals surface area contributed by atoms with Crippen LogP contribution >= 0.6 is 11.6 Å². The van der Waals surface area contributed by atoms with E-state index in [0.29, 0.717) is 0 Å². The lowest BCUT2D eigenvalue weighted by molar-refractivity contribution is -0.302. The molecule has 1 aromatic rings. The minimum absolute atomic E-state index is 0.310. The van der Waals surface area contributed by atoms with Gasteiger partial charge < -0.3 is 14.9 Å². The summed E-state index contributed by atoms with van der Waals surface area (Å²) in [5.41, 5.74) is -5.56. The van der Waals surface area contributed by atoms with Crippen molar-refractivity contribution in [3.63, 3.8) is 0 Å². The van der Waals surface area contributed by atoms with Crippen LogP contribution in [-0.4, -0.2) is 49.0 Å². The van der Waals surface area contributed by atoms with E-state index in [1.165, 1.54) is 12.1 Å². The summed E-state index contributed by atoms with van der Waals surface area (Å²) in [6.45, 7) is 0. The number of aromatic hydroxyl groups is 1. The van der Waals surface area contributed by atoms with Gasteiger partial charge in [-0.2, -0.15) is 17.9 Å². The number of ether oxygens (including phenoxy) is 1. The Balaban J connectivity index is 2.40. The van der Waals surface area contributed by atoms with Gasteiger partial charge in [0.05, 0.1) is 12.1 Å². The highest BCUT2D eigenvalue weighted by Crippen LogP contribution is 2.52. The molecular weight excluding hydrogens is 391 g/mol. The lowest BCUT2D eigenvalue weighted by Crippen LogP contribution is -2.73. The van der Waals surface area contributed by atoms with E-state index in [1.54, 1.807) is 4.72 Å². The molecule has 1 aliphatic rings. The van der Waals surface area contributed by atoms with Gasteiger partial charge in [0.2, 0.25) is 10.0 Å². The molecule has 0 saturated heterocycles. The molecule has 0 atom stereocenters. The molecule has 2 rings (SSSR count). The zero-order chi connectivity index (χ0) is 19.3. The van der Waals surface area contributed by atoms with Crippen molar-refractivity contribution in [3.8, 4) is 5.75 Å². The lowest BCUT2D eigenvalue weighted by atomic mass is 9.65. The molecule has 1 aliphatic carbocycles. The minimum Gasteiger partial charge on any atom is -0.505 e. The summed E-state index contributed by atoms with van der Waals surface area (Å²) in [5, 5.41) is 19.0. The first-order valence-corrected chi connectivity index (χ1v) is 8.53. The molecule has 3 N–H and O–H groups in total. The van der Waals surface area contributed by atoms with Gasteiger partial charge in [-0.1, -0.05) is 17.7 Å². The number of halogens is 4. The van der Waals surface area contributed by atoms with Crippen LogP contribution in [0.5, 0.6) is 5.75 Å². The van der Waals surface area contributed by atoms with Gasteiger partial charge in [-0.3, -0.25) is 4.79 Å². The monoisotopic (exact) mass is 403 g/mol. The van der Waals surface area contributed by atoms with E-state index < -0.39 is 56.8 Å². The summed E-state index contributed by atoms with van der Waals surface area (Å²) in [6.07, 6.45) is -7.60. The van der Waals surface area contributed by atoms with E-state index in [-0.39, 0.29) is 5.02 Å². The maximum absolute atomic E-state index is 12.8. The molecule has 0 radical (unpaired) electrons. The first kappa shape index (κ1) is 19.8. The van der Waals surface area contributed by atoms with Crippen molar-refractivity contribution in [2.75, 3.05) is 7.11 Å². The van der Waals surface area contributed by atoms with Crippen LogP contribution in [-0.2, 0) is 19.6 Å². The maximum atomic E-state index is 12.8. The molecule has 0 unspecified atom stereocenters. The van der Waals surface area contributed by atoms with Gasteiger partial charge in [0.15, 0.2) is 11.4 Å². The largest absolute Gasteiger partial charge is 0.505 e. The fraction of sp³-hybridized carbons (Fsp3) is 0.462. The number of methoxy groups -OCH3 is 1. The van der Waals surface area contributed by atoms with Crippen LogP contribution in [0.3, 0.4) is 0 Å². The molecule has 1 aromatic carbocycles. The van der Waals surface area contributed by atoms with E-state index in [4.69, 9.17) is 11.6 Å². The zero-order valence-electron chi connectivity index (χ0n) is 12.6. The summed E-state index contributed by atoms with van der Waals surface area (Å²) in [5.74, 6) is -2.13. The fourth-order valence-corrected chi connectivity index (χ4v) is 4.33. The first-order chi connectivity index (χ1) is 11.3. The SMILES string of the molecule is COC(=O)C1(NS(=O)(=O)c2cccc(Cl)c2O)CC(O)(C(F)(F)F)C1. The fourth-order valence-electron chi connectivity index (χ4n) is 2.63. The third-order valence-electron chi connectivity index (χ3n) is 3.86. The van der Waals surface area contributed by atoms with E-state index in [1.807, 2.05) is 0 Å². The average molecular weight is 404 g/mol. The second-order valence-corrected chi connectivity index (χ2v) is 7.71. The van der Waals surface area contributed by atoms with Gasteiger partial charge in [0.1, 0.15) is 10.4 Å². The molecule has 12 heteroatoms. The Labute approximate surface area is 145 Å². The molecule has 25 heavy (non-hydrogen) atoms. The third kappa shape index (κ3) is 3.28.